The molecule has 8 atom stereocenters. The predicted octanol–water partition coefficient (Wildman–Crippen LogP) is 21.0. The molecule has 21 rings (SSSR count). The summed E-state index contributed by atoms with van der Waals surface area (Å²) in [5.74, 6) is 4.72. The number of carbonyl (C=O) groups is 8. The van der Waals surface area contributed by atoms with E-state index in [0.29, 0.717) is 111 Å². The number of amides is 6. The van der Waals surface area contributed by atoms with Crippen molar-refractivity contribution < 1.29 is 75.2 Å². The van der Waals surface area contributed by atoms with Crippen molar-refractivity contribution in [1.29, 1.82) is 0 Å². The van der Waals surface area contributed by atoms with Crippen molar-refractivity contribution in [1.82, 2.24) is 33.7 Å². The summed E-state index contributed by atoms with van der Waals surface area (Å²) in [5, 5.41) is 45.5. The molecular weight excluding hydrogens is 1880 g/mol. The fourth-order valence-electron chi connectivity index (χ4n) is 17.9. The minimum absolute atomic E-state index is 0.0113. The molecule has 0 spiro atoms. The number of anilines is 9. The van der Waals surface area contributed by atoms with E-state index in [1.165, 1.54) is 6.20 Å². The first-order valence-corrected chi connectivity index (χ1v) is 50.7. The predicted molar refractivity (Wildman–Crippen MR) is 572 cm³/mol. The first-order chi connectivity index (χ1) is 70.6. The van der Waals surface area contributed by atoms with Gasteiger partial charge in [0, 0.05) is 109 Å². The van der Waals surface area contributed by atoms with Gasteiger partial charge in [0.15, 0.2) is 23.1 Å². The van der Waals surface area contributed by atoms with Gasteiger partial charge in [0.1, 0.15) is 65.6 Å². The largest absolute Gasteiger partial charge is 0.491 e. The summed E-state index contributed by atoms with van der Waals surface area (Å²) in [6.45, 7) is 19.5. The number of hydrogen-bond donors (Lipinski definition) is 9. The van der Waals surface area contributed by atoms with Crippen LogP contribution in [-0.4, -0.2) is 138 Å². The highest BCUT2D eigenvalue weighted by molar-refractivity contribution is 7.89. The number of fused-ring (bicyclic) bond motifs is 8. The van der Waals surface area contributed by atoms with Crippen molar-refractivity contribution in [2.75, 3.05) is 54.1 Å². The van der Waals surface area contributed by atoms with E-state index < -0.39 is 10.0 Å². The number of ketones is 2. The van der Waals surface area contributed by atoms with Gasteiger partial charge in [0.2, 0.25) is 35.4 Å². The molecule has 3 aromatic heterocycles. The van der Waals surface area contributed by atoms with Crippen LogP contribution in [0.25, 0.3) is 55.4 Å². The monoisotopic (exact) mass is 2000 g/mol. The minimum Gasteiger partial charge on any atom is -0.491 e. The molecule has 32 nitrogen and oxygen atoms in total. The van der Waals surface area contributed by atoms with Crippen LogP contribution in [0.1, 0.15) is 163 Å². The molecule has 147 heavy (non-hydrogen) atoms. The second-order valence-corrected chi connectivity index (χ2v) is 39.2. The molecule has 6 amide bonds. The van der Waals surface area contributed by atoms with Crippen molar-refractivity contribution in [2.45, 2.75) is 175 Å². The highest BCUT2D eigenvalue weighted by Crippen LogP contribution is 2.44. The van der Waals surface area contributed by atoms with E-state index in [1.54, 1.807) is 47.4 Å². The van der Waals surface area contributed by atoms with Gasteiger partial charge in [-0.15, -0.1) is 10.2 Å². The maximum absolute atomic E-state index is 13.1. The third kappa shape index (κ3) is 26.2. The summed E-state index contributed by atoms with van der Waals surface area (Å²) < 4.78 is 63.5. The van der Waals surface area contributed by atoms with Gasteiger partial charge in [-0.05, 0) is 194 Å². The fraction of sp³-hybridized carbons (Fsp3) is 0.263. The van der Waals surface area contributed by atoms with Gasteiger partial charge >= 0.3 is 0 Å². The molecule has 0 bridgehead atoms. The number of aryl methyl sites for hydroxylation is 2. The average Bonchev–Trinajstić information content (AvgIpc) is 1.64. The number of carbonyl (C=O) groups excluding carboxylic acids is 8. The quantitative estimate of drug-likeness (QED) is 0.0360. The topological polar surface area (TPSA) is 401 Å². The number of hydrogen-bond acceptors (Lipinski definition) is 23. The van der Waals surface area contributed by atoms with Crippen molar-refractivity contribution in [2.24, 2.45) is 14.1 Å². The molecular formula is C114H118N16O16S. The number of aromatic nitrogens is 7. The van der Waals surface area contributed by atoms with Crippen molar-refractivity contribution in [3.05, 3.63) is 307 Å². The van der Waals surface area contributed by atoms with Crippen LogP contribution < -0.4 is 76.3 Å². The third-order valence-corrected chi connectivity index (χ3v) is 25.6. The van der Waals surface area contributed by atoms with Gasteiger partial charge in [-0.2, -0.15) is 14.3 Å². The molecule has 0 saturated carbocycles. The third-order valence-electron chi connectivity index (χ3n) is 24.7. The summed E-state index contributed by atoms with van der Waals surface area (Å²) in [7, 11) is 0.298. The zero-order chi connectivity index (χ0) is 104. The lowest BCUT2D eigenvalue weighted by molar-refractivity contribution is -0.118. The summed E-state index contributed by atoms with van der Waals surface area (Å²) in [6.07, 6.45) is 6.44. The maximum Gasteiger partial charge on any atom is 0.251 e. The molecule has 2 unspecified atom stereocenters. The zero-order valence-corrected chi connectivity index (χ0v) is 84.7. The molecule has 6 aliphatic rings. The van der Waals surface area contributed by atoms with Gasteiger partial charge < -0.3 is 80.8 Å². The van der Waals surface area contributed by atoms with Crippen LogP contribution in [0.4, 0.5) is 51.2 Å². The molecule has 33 heteroatoms. The van der Waals surface area contributed by atoms with Gasteiger partial charge in [0.25, 0.3) is 10.0 Å². The highest BCUT2D eigenvalue weighted by atomic mass is 32.2. The average molecular weight is 2000 g/mol. The number of para-hydroxylation sites is 5. The summed E-state index contributed by atoms with van der Waals surface area (Å²) >= 11 is 0. The molecule has 9 N–H and O–H groups in total. The molecule has 0 radical (unpaired) electrons. The molecule has 0 aliphatic carbocycles. The molecule has 12 aromatic carbocycles. The Morgan fingerprint density at radius 3 is 1.41 bits per heavy atom. The van der Waals surface area contributed by atoms with Gasteiger partial charge in [-0.25, -0.2) is 8.42 Å². The second-order valence-electron chi connectivity index (χ2n) is 37.4. The van der Waals surface area contributed by atoms with Crippen molar-refractivity contribution in [3.8, 4) is 68.1 Å². The normalized spacial score (nSPS) is 17.2. The molecule has 6 aliphatic heterocycles. The van der Waals surface area contributed by atoms with E-state index >= 15 is 0 Å². The van der Waals surface area contributed by atoms with Crippen LogP contribution >= 0.6 is 0 Å². The molecule has 15 aromatic rings. The van der Waals surface area contributed by atoms with Crippen molar-refractivity contribution >= 4 is 130 Å². The summed E-state index contributed by atoms with van der Waals surface area (Å²) in [5.41, 5.74) is 17.8. The van der Waals surface area contributed by atoms with Gasteiger partial charge in [0.05, 0.1) is 112 Å². The van der Waals surface area contributed by atoms with Crippen LogP contribution in [-0.2, 0) is 65.7 Å². The van der Waals surface area contributed by atoms with E-state index in [1.807, 2.05) is 306 Å². The number of nitrogens with zero attached hydrogens (tertiary/aromatic N) is 7. The zero-order valence-electron chi connectivity index (χ0n) is 83.9. The minimum atomic E-state index is -3.46. The summed E-state index contributed by atoms with van der Waals surface area (Å²) in [4.78, 5) is 97.2. The highest BCUT2D eigenvalue weighted by Gasteiger charge is 2.31. The Morgan fingerprint density at radius 1 is 0.422 bits per heavy atom. The number of benzene rings is 12. The standard InChI is InChI=1S/C21H21N5O2.C20H20N4O2.C19H22N2O2.C18H17N3O4S.2C18H19NO3/c1-13-9-19(28)24-17-8-4-7-16(20(17)23-13)18(27)11-14-5-3-6-15(10-14)21-25-22-12-26(21)2;1-12-10-19(26)22-15-8-5-7-14(20(15)21-12)18(25)11-16-13-6-3-4-9-17(13)24(2)23-16;1-12(2)23-15-9-7-14(8-10-15)16-5-4-6-17-19(16)20-13(3)11-18(22)21-17;1-11-8-17(22)20-15-5-3-4-14(18(15)25-11)12-6-7-16-13(9-12)10-19-21(16)26(2,23)24;2*1-12-10-18(20)19-16-9-8-15(11-17(16)21-12)22-13(2)14-6-4-3-5-7-14/h3-8,10,12-13,23H,9,11H2,1-2H3,(H,24,28);3-9,12,21H,10-11H2,1-2H3,(H,22,26);4-10,12-13,20H,11H2,1-3H3,(H,21,22);3-7,9-11H,8H2,1-2H3,(H,20,22);2*3-9,11-13H,10H2,1-2H3,(H,19,20)/t;;13-;11-;2*12-,13-/m..1110/s1. The molecule has 0 fully saturated rings. The van der Waals surface area contributed by atoms with Crippen LogP contribution in [0.5, 0.6) is 34.5 Å². The van der Waals surface area contributed by atoms with Crippen molar-refractivity contribution in [3.63, 3.8) is 0 Å². The van der Waals surface area contributed by atoms with Gasteiger partial charge in [-0.1, -0.05) is 152 Å². The summed E-state index contributed by atoms with van der Waals surface area (Å²) in [6, 6.07) is 82.5. The Labute approximate surface area is 852 Å². The van der Waals surface area contributed by atoms with E-state index in [-0.39, 0.29) is 121 Å². The molecule has 9 heterocycles. The van der Waals surface area contributed by atoms with E-state index in [0.717, 1.165) is 106 Å². The smallest absolute Gasteiger partial charge is 0.251 e. The van der Waals surface area contributed by atoms with E-state index in [9.17, 15) is 46.8 Å². The Hall–Kier alpha value is -17.0. The van der Waals surface area contributed by atoms with Gasteiger partial charge in [-0.3, -0.25) is 43.0 Å². The van der Waals surface area contributed by atoms with Crippen LogP contribution in [0.15, 0.2) is 273 Å². The second kappa shape index (κ2) is 46.2. The lowest BCUT2D eigenvalue weighted by atomic mass is 9.99. The fourth-order valence-corrected chi connectivity index (χ4v) is 18.6. The van der Waals surface area contributed by atoms with E-state index in [4.69, 9.17) is 28.4 Å². The molecule has 756 valence electrons. The number of rotatable bonds is 18. The Morgan fingerprint density at radius 2 is 0.878 bits per heavy atom. The number of ether oxygens (including phenoxy) is 6. The lowest BCUT2D eigenvalue weighted by Gasteiger charge is -2.17. The maximum atomic E-state index is 13.1. The van der Waals surface area contributed by atoms with Crippen LogP contribution in [0.2, 0.25) is 0 Å². The number of nitrogens with one attached hydrogen (secondary N) is 9. The first-order valence-electron chi connectivity index (χ1n) is 48.8. The molecule has 0 saturated heterocycles. The Kier molecular flexibility index (Phi) is 32.3. The van der Waals surface area contributed by atoms with E-state index in [2.05, 4.69) is 74.3 Å². The Balaban J connectivity index is 0.000000126. The Bertz CT molecular complexity index is 7400. The van der Waals surface area contributed by atoms with Crippen LogP contribution in [0, 0.1) is 0 Å². The van der Waals surface area contributed by atoms with Crippen LogP contribution in [0.3, 0.4) is 0 Å². The SMILES string of the molecule is CC(C)Oc1ccc(-c2cccc3c2N[C@H](C)CC(=O)N3)cc1.CC1CC(=O)Nc2cccc(C(=O)Cc3cccc(-c4nncn4C)c3)c2N1.CC1CC(=O)Nc2cccc(C(=O)Cc3nn(C)c4ccccc34)c2N1.C[C@@H]1CC(=O)Nc2ccc(O[C@H](C)c3ccccc3)cc2O1.C[C@@H]1CC(=O)Nc2cccc(-c3ccc4c(cnn4S(C)(=O)=O)c3)c2O1.C[C@H](Oc1ccc2c(c1)O[C@@H](C)CC(=O)N2)c1ccccc1. The lowest BCUT2D eigenvalue weighted by Crippen LogP contribution is -2.19. The first kappa shape index (κ1) is 103. The number of Topliss-reactive ketones (excluding diaryl/α,β-unsaturated/α-hetero) is 2.